The molecule has 5 heteroatoms. The number of amides is 1. The minimum absolute atomic E-state index is 0.0853. The van der Waals surface area contributed by atoms with Crippen LogP contribution in [0, 0.1) is 11.8 Å². The van der Waals surface area contributed by atoms with E-state index < -0.39 is 0 Å². The van der Waals surface area contributed by atoms with Crippen molar-refractivity contribution in [2.45, 2.75) is 45.1 Å². The summed E-state index contributed by atoms with van der Waals surface area (Å²) in [6.07, 6.45) is 6.71. The zero-order valence-corrected chi connectivity index (χ0v) is 13.9. The first-order valence-corrected chi connectivity index (χ1v) is 8.81. The second kappa shape index (κ2) is 7.30. The van der Waals surface area contributed by atoms with Gasteiger partial charge < -0.3 is 15.3 Å². The third-order valence-electron chi connectivity index (χ3n) is 5.25. The zero-order chi connectivity index (χ0) is 16.2. The molecule has 1 saturated heterocycles. The highest BCUT2D eigenvalue weighted by Crippen LogP contribution is 2.25. The van der Waals surface area contributed by atoms with Crippen LogP contribution in [0.4, 0.5) is 5.82 Å². The standard InChI is InChI=1S/C18H27N3O2/c1-13-7-9-21(10-8-13)18(23)15-5-6-17(20-12-15)19-11-14-3-2-4-16(14)22/h5-6,12-14,16,22H,2-4,7-11H2,1H3,(H,19,20)/t14-,16-/m1/s1. The number of nitrogens with zero attached hydrogens (tertiary/aromatic N) is 2. The molecule has 1 amide bonds. The average molecular weight is 317 g/mol. The van der Waals surface area contributed by atoms with Gasteiger partial charge in [0.2, 0.25) is 0 Å². The average Bonchev–Trinajstić information content (AvgIpc) is 2.99. The first-order chi connectivity index (χ1) is 11.1. The Morgan fingerprint density at radius 2 is 2.09 bits per heavy atom. The predicted octanol–water partition coefficient (Wildman–Crippen LogP) is 2.53. The topological polar surface area (TPSA) is 65.5 Å². The molecule has 126 valence electrons. The van der Waals surface area contributed by atoms with Crippen molar-refractivity contribution in [2.24, 2.45) is 11.8 Å². The fourth-order valence-corrected chi connectivity index (χ4v) is 3.51. The molecular weight excluding hydrogens is 290 g/mol. The maximum Gasteiger partial charge on any atom is 0.255 e. The molecule has 1 aliphatic carbocycles. The van der Waals surface area contributed by atoms with Gasteiger partial charge in [-0.1, -0.05) is 13.3 Å². The highest BCUT2D eigenvalue weighted by Gasteiger charge is 2.25. The largest absolute Gasteiger partial charge is 0.393 e. The second-order valence-corrected chi connectivity index (χ2v) is 7.05. The Labute approximate surface area is 138 Å². The summed E-state index contributed by atoms with van der Waals surface area (Å²) < 4.78 is 0. The van der Waals surface area contributed by atoms with Gasteiger partial charge in [0.1, 0.15) is 5.82 Å². The van der Waals surface area contributed by atoms with Gasteiger partial charge in [0, 0.05) is 31.7 Å². The van der Waals surface area contributed by atoms with Crippen LogP contribution in [-0.2, 0) is 0 Å². The van der Waals surface area contributed by atoms with E-state index in [1.165, 1.54) is 0 Å². The molecule has 3 rings (SSSR count). The van der Waals surface area contributed by atoms with Gasteiger partial charge in [-0.05, 0) is 43.7 Å². The van der Waals surface area contributed by atoms with Crippen LogP contribution in [-0.4, -0.2) is 46.6 Å². The third kappa shape index (κ3) is 4.02. The molecule has 2 heterocycles. The lowest BCUT2D eigenvalue weighted by molar-refractivity contribution is 0.0697. The Kier molecular flexibility index (Phi) is 5.16. The van der Waals surface area contributed by atoms with Crippen LogP contribution in [0.15, 0.2) is 18.3 Å². The summed E-state index contributed by atoms with van der Waals surface area (Å²) >= 11 is 0. The number of pyridine rings is 1. The lowest BCUT2D eigenvalue weighted by atomic mass is 9.99. The van der Waals surface area contributed by atoms with Crippen molar-refractivity contribution in [3.05, 3.63) is 23.9 Å². The Balaban J connectivity index is 1.53. The molecule has 2 aliphatic rings. The summed E-state index contributed by atoms with van der Waals surface area (Å²) in [5, 5.41) is 13.1. The van der Waals surface area contributed by atoms with Crippen molar-refractivity contribution in [1.82, 2.24) is 9.88 Å². The Morgan fingerprint density at radius 3 is 2.70 bits per heavy atom. The Morgan fingerprint density at radius 1 is 1.30 bits per heavy atom. The van der Waals surface area contributed by atoms with Crippen LogP contribution in [0.2, 0.25) is 0 Å². The smallest absolute Gasteiger partial charge is 0.255 e. The molecule has 0 spiro atoms. The van der Waals surface area contributed by atoms with Gasteiger partial charge >= 0.3 is 0 Å². The molecule has 23 heavy (non-hydrogen) atoms. The van der Waals surface area contributed by atoms with E-state index in [-0.39, 0.29) is 12.0 Å². The number of hydrogen-bond acceptors (Lipinski definition) is 4. The van der Waals surface area contributed by atoms with E-state index in [4.69, 9.17) is 0 Å². The molecule has 0 radical (unpaired) electrons. The van der Waals surface area contributed by atoms with E-state index in [0.29, 0.717) is 11.5 Å². The van der Waals surface area contributed by atoms with Gasteiger partial charge in [0.05, 0.1) is 11.7 Å². The first kappa shape index (κ1) is 16.2. The van der Waals surface area contributed by atoms with E-state index in [1.54, 1.807) is 6.20 Å². The lowest BCUT2D eigenvalue weighted by Crippen LogP contribution is -2.37. The first-order valence-electron chi connectivity index (χ1n) is 8.81. The van der Waals surface area contributed by atoms with Crippen LogP contribution in [0.1, 0.15) is 49.4 Å². The Hall–Kier alpha value is -1.62. The maximum absolute atomic E-state index is 12.5. The summed E-state index contributed by atoms with van der Waals surface area (Å²) in [5.41, 5.74) is 0.658. The van der Waals surface area contributed by atoms with Crippen LogP contribution in [0.25, 0.3) is 0 Å². The number of nitrogens with one attached hydrogen (secondary N) is 1. The van der Waals surface area contributed by atoms with E-state index in [0.717, 1.165) is 63.5 Å². The van der Waals surface area contributed by atoms with Crippen LogP contribution >= 0.6 is 0 Å². The van der Waals surface area contributed by atoms with Gasteiger partial charge in [0.25, 0.3) is 5.91 Å². The van der Waals surface area contributed by atoms with Crippen molar-refractivity contribution in [2.75, 3.05) is 25.0 Å². The number of aliphatic hydroxyl groups is 1. The van der Waals surface area contributed by atoms with Crippen molar-refractivity contribution in [3.8, 4) is 0 Å². The fraction of sp³-hybridized carbons (Fsp3) is 0.667. The van der Waals surface area contributed by atoms with E-state index in [2.05, 4.69) is 17.2 Å². The van der Waals surface area contributed by atoms with Crippen molar-refractivity contribution in [1.29, 1.82) is 0 Å². The van der Waals surface area contributed by atoms with Crippen molar-refractivity contribution in [3.63, 3.8) is 0 Å². The van der Waals surface area contributed by atoms with Crippen molar-refractivity contribution >= 4 is 11.7 Å². The number of likely N-dealkylation sites (tertiary alicyclic amines) is 1. The number of carbonyl (C=O) groups excluding carboxylic acids is 1. The summed E-state index contributed by atoms with van der Waals surface area (Å²) in [6, 6.07) is 3.71. The third-order valence-corrected chi connectivity index (χ3v) is 5.25. The molecule has 1 aromatic rings. The monoisotopic (exact) mass is 317 g/mol. The summed E-state index contributed by atoms with van der Waals surface area (Å²) in [6.45, 7) is 4.68. The normalized spacial score (nSPS) is 25.6. The number of aliphatic hydroxyl groups excluding tert-OH is 1. The van der Waals surface area contributed by atoms with E-state index >= 15 is 0 Å². The van der Waals surface area contributed by atoms with Gasteiger partial charge in [-0.2, -0.15) is 0 Å². The molecule has 0 bridgehead atoms. The molecular formula is C18H27N3O2. The van der Waals surface area contributed by atoms with Crippen LogP contribution in [0.3, 0.4) is 0 Å². The van der Waals surface area contributed by atoms with E-state index in [9.17, 15) is 9.90 Å². The van der Waals surface area contributed by atoms with Crippen LogP contribution < -0.4 is 5.32 Å². The minimum Gasteiger partial charge on any atom is -0.393 e. The maximum atomic E-state index is 12.5. The molecule has 5 nitrogen and oxygen atoms in total. The molecule has 2 atom stereocenters. The molecule has 2 N–H and O–H groups in total. The lowest BCUT2D eigenvalue weighted by Gasteiger charge is -2.30. The highest BCUT2D eigenvalue weighted by molar-refractivity contribution is 5.94. The second-order valence-electron chi connectivity index (χ2n) is 7.05. The van der Waals surface area contributed by atoms with Crippen LogP contribution in [0.5, 0.6) is 0 Å². The number of anilines is 1. The number of aromatic nitrogens is 1. The Bertz CT molecular complexity index is 524. The van der Waals surface area contributed by atoms with Gasteiger partial charge in [0.15, 0.2) is 0 Å². The van der Waals surface area contributed by atoms with Gasteiger partial charge in [-0.25, -0.2) is 4.98 Å². The van der Waals surface area contributed by atoms with Gasteiger partial charge in [-0.3, -0.25) is 4.79 Å². The minimum atomic E-state index is -0.190. The molecule has 2 fully saturated rings. The quantitative estimate of drug-likeness (QED) is 0.895. The summed E-state index contributed by atoms with van der Waals surface area (Å²) in [7, 11) is 0. The SMILES string of the molecule is CC1CCN(C(=O)c2ccc(NC[C@H]3CCC[C@H]3O)nc2)CC1. The number of rotatable bonds is 4. The predicted molar refractivity (Wildman–Crippen MR) is 90.4 cm³/mol. The summed E-state index contributed by atoms with van der Waals surface area (Å²) in [4.78, 5) is 18.7. The van der Waals surface area contributed by atoms with Crippen molar-refractivity contribution < 1.29 is 9.90 Å². The molecule has 0 aromatic carbocycles. The molecule has 0 unspecified atom stereocenters. The number of hydrogen-bond donors (Lipinski definition) is 2. The summed E-state index contributed by atoms with van der Waals surface area (Å²) in [5.74, 6) is 1.89. The zero-order valence-electron chi connectivity index (χ0n) is 13.9. The highest BCUT2D eigenvalue weighted by atomic mass is 16.3. The number of carbonyl (C=O) groups is 1. The number of piperidine rings is 1. The molecule has 1 aromatic heterocycles. The molecule has 1 saturated carbocycles. The molecule has 1 aliphatic heterocycles. The van der Waals surface area contributed by atoms with E-state index in [1.807, 2.05) is 17.0 Å². The van der Waals surface area contributed by atoms with Gasteiger partial charge in [-0.15, -0.1) is 0 Å². The fourth-order valence-electron chi connectivity index (χ4n) is 3.51.